The van der Waals surface area contributed by atoms with Crippen molar-refractivity contribution in [1.82, 2.24) is 10.3 Å². The maximum atomic E-state index is 14.8. The fourth-order valence-electron chi connectivity index (χ4n) is 5.33. The first kappa shape index (κ1) is 27.7. The van der Waals surface area contributed by atoms with Gasteiger partial charge in [-0.1, -0.05) is 6.07 Å². The van der Waals surface area contributed by atoms with Crippen LogP contribution in [-0.4, -0.2) is 69.3 Å². The molecule has 204 valence electrons. The minimum Gasteiger partial charge on any atom is -0.383 e. The number of hydrogen-bond acceptors (Lipinski definition) is 7. The number of rotatable bonds is 11. The molecule has 2 aliphatic rings. The van der Waals surface area contributed by atoms with Gasteiger partial charge in [-0.3, -0.25) is 0 Å². The molecule has 7 nitrogen and oxygen atoms in total. The molecule has 1 aromatic carbocycles. The zero-order valence-corrected chi connectivity index (χ0v) is 22.1. The minimum absolute atomic E-state index is 0.275. The maximum Gasteiger partial charge on any atom is 0.149 e. The van der Waals surface area contributed by atoms with Crippen molar-refractivity contribution >= 4 is 11.5 Å². The summed E-state index contributed by atoms with van der Waals surface area (Å²) >= 11 is 0. The molecule has 37 heavy (non-hydrogen) atoms. The molecule has 0 radical (unpaired) electrons. The summed E-state index contributed by atoms with van der Waals surface area (Å²) in [5.41, 5.74) is 0.887. The van der Waals surface area contributed by atoms with Crippen LogP contribution in [0.3, 0.4) is 0 Å². The van der Waals surface area contributed by atoms with E-state index in [1.165, 1.54) is 12.3 Å². The van der Waals surface area contributed by atoms with E-state index in [-0.39, 0.29) is 11.9 Å². The lowest BCUT2D eigenvalue weighted by molar-refractivity contribution is -0.0807. The van der Waals surface area contributed by atoms with Gasteiger partial charge >= 0.3 is 0 Å². The summed E-state index contributed by atoms with van der Waals surface area (Å²) in [5.74, 6) is -0.207. The molecule has 1 saturated heterocycles. The Morgan fingerprint density at radius 2 is 1.78 bits per heavy atom. The standard InChI is InChI=1S/C28H40F2N4O3/c1-19(17-35-2)33-21-5-7-22(8-6-21)34-27-15-23(25(30)16-31-27)20-4-9-24(29)26(14-20)32-18-28(36-3)10-12-37-13-11-28/h4,9,14-16,19,21-22,32-33H,5-8,10-13,17-18H2,1-3H3,(H,31,34)/t19-,21?,22?/m0/s1. The summed E-state index contributed by atoms with van der Waals surface area (Å²) in [5, 5.41) is 10.3. The molecule has 0 amide bonds. The third-order valence-electron chi connectivity index (χ3n) is 7.59. The van der Waals surface area contributed by atoms with E-state index in [0.717, 1.165) is 38.5 Å². The van der Waals surface area contributed by atoms with Crippen LogP contribution in [-0.2, 0) is 14.2 Å². The van der Waals surface area contributed by atoms with Crippen molar-refractivity contribution in [3.8, 4) is 11.1 Å². The van der Waals surface area contributed by atoms with Crippen LogP contribution in [0.5, 0.6) is 0 Å². The first-order valence-corrected chi connectivity index (χ1v) is 13.2. The quantitative estimate of drug-likeness (QED) is 0.387. The molecule has 1 atom stereocenters. The lowest BCUT2D eigenvalue weighted by atomic mass is 9.90. The van der Waals surface area contributed by atoms with Crippen molar-refractivity contribution in [3.63, 3.8) is 0 Å². The van der Waals surface area contributed by atoms with Crippen LogP contribution >= 0.6 is 0 Å². The number of halogens is 2. The summed E-state index contributed by atoms with van der Waals surface area (Å²) in [6.45, 7) is 4.50. The zero-order chi connectivity index (χ0) is 26.3. The highest BCUT2D eigenvalue weighted by molar-refractivity contribution is 5.71. The number of benzene rings is 1. The van der Waals surface area contributed by atoms with Gasteiger partial charge in [-0.15, -0.1) is 0 Å². The Labute approximate surface area is 218 Å². The number of anilines is 2. The van der Waals surface area contributed by atoms with Crippen LogP contribution in [0.1, 0.15) is 45.4 Å². The Balaban J connectivity index is 1.40. The third kappa shape index (κ3) is 7.37. The van der Waals surface area contributed by atoms with Crippen LogP contribution in [0.4, 0.5) is 20.3 Å². The van der Waals surface area contributed by atoms with E-state index in [9.17, 15) is 8.78 Å². The Kier molecular flexibility index (Phi) is 9.70. The number of nitrogens with one attached hydrogen (secondary N) is 3. The van der Waals surface area contributed by atoms with E-state index in [1.54, 1.807) is 32.4 Å². The molecular formula is C28H40F2N4O3. The molecule has 0 spiro atoms. The number of hydrogen-bond donors (Lipinski definition) is 3. The van der Waals surface area contributed by atoms with E-state index >= 15 is 0 Å². The molecule has 2 heterocycles. The molecule has 1 aliphatic carbocycles. The highest BCUT2D eigenvalue weighted by Gasteiger charge is 2.32. The molecule has 0 unspecified atom stereocenters. The molecule has 2 fully saturated rings. The van der Waals surface area contributed by atoms with Crippen LogP contribution in [0.15, 0.2) is 30.5 Å². The van der Waals surface area contributed by atoms with Crippen molar-refractivity contribution in [1.29, 1.82) is 0 Å². The van der Waals surface area contributed by atoms with Gasteiger partial charge in [0, 0.05) is 70.5 Å². The van der Waals surface area contributed by atoms with E-state index in [0.29, 0.717) is 61.1 Å². The van der Waals surface area contributed by atoms with Crippen LogP contribution < -0.4 is 16.0 Å². The number of nitrogens with zero attached hydrogens (tertiary/aromatic N) is 1. The molecule has 9 heteroatoms. The molecule has 1 aromatic heterocycles. The number of ether oxygens (including phenoxy) is 3. The average Bonchev–Trinajstić information content (AvgIpc) is 2.91. The van der Waals surface area contributed by atoms with Crippen molar-refractivity contribution in [3.05, 3.63) is 42.1 Å². The Hall–Kier alpha value is -2.33. The topological polar surface area (TPSA) is 76.7 Å². The van der Waals surface area contributed by atoms with Gasteiger partial charge in [-0.05, 0) is 56.4 Å². The van der Waals surface area contributed by atoms with E-state index in [1.807, 2.05) is 0 Å². The minimum atomic E-state index is -0.444. The first-order valence-electron chi connectivity index (χ1n) is 13.2. The average molecular weight is 519 g/mol. The van der Waals surface area contributed by atoms with E-state index in [4.69, 9.17) is 14.2 Å². The molecule has 0 bridgehead atoms. The van der Waals surface area contributed by atoms with Crippen molar-refractivity contribution in [2.75, 3.05) is 51.2 Å². The van der Waals surface area contributed by atoms with Gasteiger partial charge in [-0.25, -0.2) is 13.8 Å². The fraction of sp³-hybridized carbons (Fsp3) is 0.607. The molecule has 1 saturated carbocycles. The summed E-state index contributed by atoms with van der Waals surface area (Å²) in [4.78, 5) is 4.27. The van der Waals surface area contributed by atoms with Crippen molar-refractivity contribution in [2.24, 2.45) is 0 Å². The zero-order valence-electron chi connectivity index (χ0n) is 22.1. The molecule has 1 aliphatic heterocycles. The van der Waals surface area contributed by atoms with Gasteiger partial charge < -0.3 is 30.2 Å². The van der Waals surface area contributed by atoms with Gasteiger partial charge in [0.15, 0.2) is 0 Å². The molecule has 4 rings (SSSR count). The summed E-state index contributed by atoms with van der Waals surface area (Å²) in [6, 6.07) is 7.41. The predicted molar refractivity (Wildman–Crippen MR) is 142 cm³/mol. The van der Waals surface area contributed by atoms with Crippen molar-refractivity contribution < 1.29 is 23.0 Å². The van der Waals surface area contributed by atoms with E-state index < -0.39 is 11.4 Å². The van der Waals surface area contributed by atoms with Crippen LogP contribution in [0.2, 0.25) is 0 Å². The molecule has 2 aromatic rings. The summed E-state index contributed by atoms with van der Waals surface area (Å²) in [6.07, 6.45) is 6.82. The normalized spacial score (nSPS) is 22.4. The van der Waals surface area contributed by atoms with E-state index in [2.05, 4.69) is 27.9 Å². The number of pyridine rings is 1. The highest BCUT2D eigenvalue weighted by atomic mass is 19.1. The SMILES string of the molecule is COC[C@H](C)NC1CCC(Nc2cc(-c3ccc(F)c(NCC4(OC)CCOCC4)c3)c(F)cn2)CC1. The monoisotopic (exact) mass is 518 g/mol. The third-order valence-corrected chi connectivity index (χ3v) is 7.59. The second-order valence-corrected chi connectivity index (χ2v) is 10.3. The van der Waals surface area contributed by atoms with Crippen LogP contribution in [0.25, 0.3) is 11.1 Å². The highest BCUT2D eigenvalue weighted by Crippen LogP contribution is 2.31. The smallest absolute Gasteiger partial charge is 0.149 e. The lowest BCUT2D eigenvalue weighted by Crippen LogP contribution is -2.44. The lowest BCUT2D eigenvalue weighted by Gasteiger charge is -2.36. The second kappa shape index (κ2) is 13.0. The second-order valence-electron chi connectivity index (χ2n) is 10.3. The Morgan fingerprint density at radius 1 is 1.05 bits per heavy atom. The van der Waals surface area contributed by atoms with Crippen molar-refractivity contribution in [2.45, 2.75) is 69.2 Å². The molecular weight excluding hydrogens is 478 g/mol. The number of aromatic nitrogens is 1. The van der Waals surface area contributed by atoms with Gasteiger partial charge in [0.1, 0.15) is 17.5 Å². The fourth-order valence-corrected chi connectivity index (χ4v) is 5.33. The number of methoxy groups -OCH3 is 2. The Morgan fingerprint density at radius 3 is 2.49 bits per heavy atom. The van der Waals surface area contributed by atoms with Gasteiger partial charge in [0.25, 0.3) is 0 Å². The largest absolute Gasteiger partial charge is 0.383 e. The van der Waals surface area contributed by atoms with Gasteiger partial charge in [0.05, 0.1) is 24.1 Å². The molecule has 3 N–H and O–H groups in total. The Bertz CT molecular complexity index is 1010. The van der Waals surface area contributed by atoms with Gasteiger partial charge in [0.2, 0.25) is 0 Å². The summed E-state index contributed by atoms with van der Waals surface area (Å²) < 4.78 is 45.9. The first-order chi connectivity index (χ1) is 17.9. The maximum absolute atomic E-state index is 14.8. The van der Waals surface area contributed by atoms with Crippen LogP contribution in [0, 0.1) is 11.6 Å². The predicted octanol–water partition coefficient (Wildman–Crippen LogP) is 4.98. The summed E-state index contributed by atoms with van der Waals surface area (Å²) in [7, 11) is 3.39. The van der Waals surface area contributed by atoms with Gasteiger partial charge in [-0.2, -0.15) is 0 Å².